The number of para-hydroxylation sites is 1. The molecule has 3 aromatic rings. The van der Waals surface area contributed by atoms with E-state index in [1.165, 1.54) is 6.33 Å². The van der Waals surface area contributed by atoms with E-state index in [-0.39, 0.29) is 30.9 Å². The molecular formula is C21H21N5O3. The molecule has 2 amide bonds. The predicted octanol–water partition coefficient (Wildman–Crippen LogP) is 2.84. The van der Waals surface area contributed by atoms with Gasteiger partial charge in [-0.05, 0) is 43.2 Å². The summed E-state index contributed by atoms with van der Waals surface area (Å²) in [7, 11) is 0. The lowest BCUT2D eigenvalue weighted by Gasteiger charge is -2.25. The number of aryl methyl sites for hydroxylation is 2. The number of nitrogens with one attached hydrogen (secondary N) is 2. The lowest BCUT2D eigenvalue weighted by Crippen LogP contribution is -2.29. The van der Waals surface area contributed by atoms with Crippen LogP contribution in [0.2, 0.25) is 0 Å². The Hall–Kier alpha value is -3.68. The van der Waals surface area contributed by atoms with E-state index in [0.29, 0.717) is 11.7 Å². The van der Waals surface area contributed by atoms with Gasteiger partial charge in [-0.1, -0.05) is 24.3 Å². The van der Waals surface area contributed by atoms with Crippen LogP contribution in [0.1, 0.15) is 29.2 Å². The third kappa shape index (κ3) is 4.11. The van der Waals surface area contributed by atoms with Gasteiger partial charge in [0, 0.05) is 11.3 Å². The van der Waals surface area contributed by atoms with Crippen molar-refractivity contribution in [2.24, 2.45) is 0 Å². The second-order valence-corrected chi connectivity index (χ2v) is 7.05. The summed E-state index contributed by atoms with van der Waals surface area (Å²) in [6, 6.07) is 12.8. The molecule has 0 saturated heterocycles. The maximum atomic E-state index is 12.4. The third-order valence-electron chi connectivity index (χ3n) is 4.64. The Morgan fingerprint density at radius 1 is 1.24 bits per heavy atom. The highest BCUT2D eigenvalue weighted by Gasteiger charge is 2.29. The first kappa shape index (κ1) is 18.7. The zero-order chi connectivity index (χ0) is 20.4. The van der Waals surface area contributed by atoms with Gasteiger partial charge in [-0.2, -0.15) is 10.1 Å². The second kappa shape index (κ2) is 7.75. The number of aromatic nitrogens is 3. The van der Waals surface area contributed by atoms with Crippen LogP contribution in [0, 0.1) is 13.8 Å². The van der Waals surface area contributed by atoms with E-state index in [4.69, 9.17) is 4.74 Å². The molecule has 8 heteroatoms. The number of nitrogens with zero attached hydrogens (tertiary/aromatic N) is 3. The van der Waals surface area contributed by atoms with Crippen LogP contribution in [0.3, 0.4) is 0 Å². The van der Waals surface area contributed by atoms with E-state index in [1.54, 1.807) is 10.7 Å². The first-order valence-corrected chi connectivity index (χ1v) is 9.29. The van der Waals surface area contributed by atoms with Crippen LogP contribution in [0.5, 0.6) is 5.75 Å². The number of carbonyl (C=O) groups excluding carboxylic acids is 2. The van der Waals surface area contributed by atoms with Gasteiger partial charge in [0.1, 0.15) is 12.1 Å². The van der Waals surface area contributed by atoms with Crippen molar-refractivity contribution >= 4 is 23.5 Å². The van der Waals surface area contributed by atoms with Crippen molar-refractivity contribution in [1.29, 1.82) is 0 Å². The number of hydrogen-bond acceptors (Lipinski definition) is 5. The van der Waals surface area contributed by atoms with Crippen LogP contribution in [-0.2, 0) is 9.59 Å². The van der Waals surface area contributed by atoms with E-state index >= 15 is 0 Å². The number of fused-ring (bicyclic) bond motifs is 1. The Morgan fingerprint density at radius 2 is 2.00 bits per heavy atom. The summed E-state index contributed by atoms with van der Waals surface area (Å²) in [5, 5.41) is 9.76. The van der Waals surface area contributed by atoms with E-state index < -0.39 is 0 Å². The van der Waals surface area contributed by atoms with Crippen molar-refractivity contribution in [3.63, 3.8) is 0 Å². The van der Waals surface area contributed by atoms with Crippen LogP contribution in [0.4, 0.5) is 11.6 Å². The van der Waals surface area contributed by atoms with Crippen LogP contribution in [0.15, 0.2) is 48.8 Å². The van der Waals surface area contributed by atoms with Crippen LogP contribution >= 0.6 is 0 Å². The van der Waals surface area contributed by atoms with E-state index in [2.05, 4.69) is 20.7 Å². The van der Waals surface area contributed by atoms with E-state index in [9.17, 15) is 9.59 Å². The first-order valence-electron chi connectivity index (χ1n) is 9.29. The topological polar surface area (TPSA) is 98.1 Å². The van der Waals surface area contributed by atoms with Crippen molar-refractivity contribution in [1.82, 2.24) is 14.8 Å². The first-order chi connectivity index (χ1) is 14.0. The molecule has 0 unspecified atom stereocenters. The molecule has 2 N–H and O–H groups in total. The molecular weight excluding hydrogens is 370 g/mol. The van der Waals surface area contributed by atoms with Gasteiger partial charge in [0.05, 0.1) is 12.5 Å². The van der Waals surface area contributed by atoms with Crippen LogP contribution < -0.4 is 15.4 Å². The third-order valence-corrected chi connectivity index (χ3v) is 4.64. The Bertz CT molecular complexity index is 1060. The minimum atomic E-state index is -0.347. The predicted molar refractivity (Wildman–Crippen MR) is 108 cm³/mol. The summed E-state index contributed by atoms with van der Waals surface area (Å²) < 4.78 is 7.46. The molecule has 29 heavy (non-hydrogen) atoms. The van der Waals surface area contributed by atoms with Gasteiger partial charge in [-0.3, -0.25) is 14.9 Å². The smallest absolute Gasteiger partial charge is 0.262 e. The fourth-order valence-electron chi connectivity index (χ4n) is 3.52. The molecule has 1 aromatic heterocycles. The SMILES string of the molecule is Cc1cc(C)cc(NC(=O)COc2ccccc2[C@@H]2CC(=O)Nc3ncnn32)c1. The van der Waals surface area contributed by atoms with Crippen LogP contribution in [-0.4, -0.2) is 33.2 Å². The summed E-state index contributed by atoms with van der Waals surface area (Å²) >= 11 is 0. The molecule has 1 aliphatic rings. The summed E-state index contributed by atoms with van der Waals surface area (Å²) in [5.41, 5.74) is 3.66. The summed E-state index contributed by atoms with van der Waals surface area (Å²) in [6.45, 7) is 3.81. The van der Waals surface area contributed by atoms with Gasteiger partial charge in [-0.25, -0.2) is 4.68 Å². The Morgan fingerprint density at radius 3 is 2.79 bits per heavy atom. The van der Waals surface area contributed by atoms with Crippen molar-refractivity contribution in [3.8, 4) is 5.75 Å². The number of benzene rings is 2. The molecule has 1 atom stereocenters. The van der Waals surface area contributed by atoms with Crippen molar-refractivity contribution in [2.45, 2.75) is 26.3 Å². The molecule has 0 fully saturated rings. The normalized spacial score (nSPS) is 15.4. The van der Waals surface area contributed by atoms with Gasteiger partial charge >= 0.3 is 0 Å². The minimum Gasteiger partial charge on any atom is -0.483 e. The largest absolute Gasteiger partial charge is 0.483 e. The fourth-order valence-corrected chi connectivity index (χ4v) is 3.52. The molecule has 2 aromatic carbocycles. The molecule has 4 rings (SSSR count). The van der Waals surface area contributed by atoms with E-state index in [1.807, 2.05) is 50.2 Å². The number of anilines is 2. The molecule has 148 valence electrons. The maximum Gasteiger partial charge on any atom is 0.262 e. The fraction of sp³-hybridized carbons (Fsp3) is 0.238. The number of amides is 2. The summed E-state index contributed by atoms with van der Waals surface area (Å²) in [6.07, 6.45) is 1.61. The van der Waals surface area contributed by atoms with Gasteiger partial charge < -0.3 is 10.1 Å². The highest BCUT2D eigenvalue weighted by Crippen LogP contribution is 2.34. The molecule has 8 nitrogen and oxygen atoms in total. The van der Waals surface area contributed by atoms with Crippen LogP contribution in [0.25, 0.3) is 0 Å². The summed E-state index contributed by atoms with van der Waals surface area (Å²) in [5.74, 6) is 0.531. The second-order valence-electron chi connectivity index (χ2n) is 7.05. The maximum absolute atomic E-state index is 12.4. The van der Waals surface area contributed by atoms with E-state index in [0.717, 1.165) is 22.4 Å². The zero-order valence-electron chi connectivity index (χ0n) is 16.2. The lowest BCUT2D eigenvalue weighted by atomic mass is 10.0. The number of hydrogen-bond donors (Lipinski definition) is 2. The lowest BCUT2D eigenvalue weighted by molar-refractivity contribution is -0.118. The Labute approximate surface area is 167 Å². The zero-order valence-corrected chi connectivity index (χ0v) is 16.2. The average molecular weight is 391 g/mol. The molecule has 0 radical (unpaired) electrons. The monoisotopic (exact) mass is 391 g/mol. The van der Waals surface area contributed by atoms with Crippen molar-refractivity contribution in [2.75, 3.05) is 17.2 Å². The minimum absolute atomic E-state index is 0.141. The molecule has 0 bridgehead atoms. The van der Waals surface area contributed by atoms with Gasteiger partial charge in [-0.15, -0.1) is 0 Å². The standard InChI is InChI=1S/C21H21N5O3/c1-13-7-14(2)9-15(8-13)24-20(28)11-29-18-6-4-3-5-16(18)17-10-19(27)25-21-22-12-23-26(17)21/h3-9,12,17H,10-11H2,1-2H3,(H,24,28)(H,22,23,25,27)/t17-/m0/s1. The number of rotatable bonds is 5. The molecule has 0 spiro atoms. The van der Waals surface area contributed by atoms with Crippen molar-refractivity contribution < 1.29 is 14.3 Å². The molecule has 2 heterocycles. The Kier molecular flexibility index (Phi) is 4.99. The highest BCUT2D eigenvalue weighted by molar-refractivity contribution is 5.92. The average Bonchev–Trinajstić information content (AvgIpc) is 3.13. The molecule has 0 aliphatic carbocycles. The Balaban J connectivity index is 1.50. The van der Waals surface area contributed by atoms with Gasteiger partial charge in [0.15, 0.2) is 6.61 Å². The number of ether oxygens (including phenoxy) is 1. The van der Waals surface area contributed by atoms with Gasteiger partial charge in [0.2, 0.25) is 11.9 Å². The van der Waals surface area contributed by atoms with Crippen molar-refractivity contribution in [3.05, 3.63) is 65.5 Å². The molecule has 1 aliphatic heterocycles. The highest BCUT2D eigenvalue weighted by atomic mass is 16.5. The van der Waals surface area contributed by atoms with Gasteiger partial charge in [0.25, 0.3) is 5.91 Å². The quantitative estimate of drug-likeness (QED) is 0.697. The number of carbonyl (C=O) groups is 2. The summed E-state index contributed by atoms with van der Waals surface area (Å²) in [4.78, 5) is 28.5. The molecule has 0 saturated carbocycles.